The van der Waals surface area contributed by atoms with Crippen LogP contribution in [-0.2, 0) is 16.0 Å². The predicted molar refractivity (Wildman–Crippen MR) is 105 cm³/mol. The number of amides is 4. The van der Waals surface area contributed by atoms with Crippen molar-refractivity contribution < 1.29 is 14.4 Å². The molecule has 0 saturated carbocycles. The Morgan fingerprint density at radius 2 is 1.74 bits per heavy atom. The van der Waals surface area contributed by atoms with Crippen LogP contribution in [-0.4, -0.2) is 71.8 Å². The molecule has 146 valence electrons. The Labute approximate surface area is 160 Å². The summed E-state index contributed by atoms with van der Waals surface area (Å²) in [6.45, 7) is 10.9. The molecule has 0 aromatic heterocycles. The highest BCUT2D eigenvalue weighted by Gasteiger charge is 2.26. The maximum Gasteiger partial charge on any atom is 0.320 e. The van der Waals surface area contributed by atoms with Crippen molar-refractivity contribution in [2.45, 2.75) is 20.3 Å². The molecule has 7 nitrogen and oxygen atoms in total. The molecule has 7 heteroatoms. The molecule has 0 spiro atoms. The summed E-state index contributed by atoms with van der Waals surface area (Å²) < 4.78 is 0. The Hall–Kier alpha value is -2.83. The number of nitrogens with zero attached hydrogens (tertiary/aromatic N) is 3. The number of urea groups is 1. The lowest BCUT2D eigenvalue weighted by atomic mass is 10.1. The van der Waals surface area contributed by atoms with Gasteiger partial charge >= 0.3 is 6.03 Å². The van der Waals surface area contributed by atoms with Gasteiger partial charge in [-0.15, -0.1) is 0 Å². The van der Waals surface area contributed by atoms with Crippen LogP contribution in [0.25, 0.3) is 0 Å². The Kier molecular flexibility index (Phi) is 7.40. The number of rotatable bonds is 6. The molecular weight excluding hydrogens is 344 g/mol. The maximum absolute atomic E-state index is 12.6. The first kappa shape index (κ1) is 20.5. The van der Waals surface area contributed by atoms with E-state index in [1.807, 2.05) is 30.9 Å². The van der Waals surface area contributed by atoms with Gasteiger partial charge in [0, 0.05) is 45.0 Å². The number of hydrogen-bond donors (Lipinski definition) is 1. The van der Waals surface area contributed by atoms with Crippen molar-refractivity contribution in [2.24, 2.45) is 0 Å². The second kappa shape index (κ2) is 9.75. The van der Waals surface area contributed by atoms with E-state index in [1.54, 1.807) is 21.9 Å². The third kappa shape index (κ3) is 5.57. The second-order valence-corrected chi connectivity index (χ2v) is 6.39. The van der Waals surface area contributed by atoms with Gasteiger partial charge in [0.1, 0.15) is 0 Å². The number of hydrogen-bond acceptors (Lipinski definition) is 3. The molecule has 1 heterocycles. The molecule has 1 N–H and O–H groups in total. The van der Waals surface area contributed by atoms with Crippen LogP contribution in [0.15, 0.2) is 36.9 Å². The fourth-order valence-corrected chi connectivity index (χ4v) is 3.08. The largest absolute Gasteiger partial charge is 0.339 e. The summed E-state index contributed by atoms with van der Waals surface area (Å²) in [6, 6.07) is 7.27. The van der Waals surface area contributed by atoms with Crippen molar-refractivity contribution in [2.75, 3.05) is 44.6 Å². The number of anilines is 1. The molecule has 1 aliphatic heterocycles. The summed E-state index contributed by atoms with van der Waals surface area (Å²) in [6.07, 6.45) is 1.47. The summed E-state index contributed by atoms with van der Waals surface area (Å²) in [5.74, 6) is -0.260. The van der Waals surface area contributed by atoms with Crippen molar-refractivity contribution in [3.8, 4) is 0 Å². The summed E-state index contributed by atoms with van der Waals surface area (Å²) in [7, 11) is 0. The minimum Gasteiger partial charge on any atom is -0.339 e. The van der Waals surface area contributed by atoms with Gasteiger partial charge < -0.3 is 20.0 Å². The Balaban J connectivity index is 1.89. The van der Waals surface area contributed by atoms with Crippen LogP contribution in [0.4, 0.5) is 10.5 Å². The summed E-state index contributed by atoms with van der Waals surface area (Å²) in [5.41, 5.74) is 1.48. The standard InChI is InChI=1S/C20H28N4O3/c1-4-18(25)21-17-9-7-8-16(14-17)15-19(26)23-10-12-24(13-11-23)20(27)22(5-2)6-3/h4,7-9,14H,1,5-6,10-13,15H2,2-3H3,(H,21,25). The first-order chi connectivity index (χ1) is 13.0. The van der Waals surface area contributed by atoms with Crippen LogP contribution < -0.4 is 5.32 Å². The fraction of sp³-hybridized carbons (Fsp3) is 0.450. The minimum atomic E-state index is -0.285. The van der Waals surface area contributed by atoms with Crippen molar-refractivity contribution >= 4 is 23.5 Å². The average Bonchev–Trinajstić information content (AvgIpc) is 2.69. The van der Waals surface area contributed by atoms with E-state index in [0.29, 0.717) is 45.0 Å². The highest BCUT2D eigenvalue weighted by atomic mass is 16.2. The molecule has 0 radical (unpaired) electrons. The van der Waals surface area contributed by atoms with Gasteiger partial charge in [-0.3, -0.25) is 9.59 Å². The molecule has 0 aliphatic carbocycles. The third-order valence-corrected chi connectivity index (χ3v) is 4.67. The number of nitrogens with one attached hydrogen (secondary N) is 1. The van der Waals surface area contributed by atoms with Crippen molar-refractivity contribution in [1.29, 1.82) is 0 Å². The molecule has 27 heavy (non-hydrogen) atoms. The summed E-state index contributed by atoms with van der Waals surface area (Å²) in [4.78, 5) is 41.8. The molecule has 2 rings (SSSR count). The fourth-order valence-electron chi connectivity index (χ4n) is 3.08. The van der Waals surface area contributed by atoms with Gasteiger partial charge in [-0.25, -0.2) is 4.79 Å². The summed E-state index contributed by atoms with van der Waals surface area (Å²) in [5, 5.41) is 2.69. The lowest BCUT2D eigenvalue weighted by Gasteiger charge is -2.37. The monoisotopic (exact) mass is 372 g/mol. The van der Waals surface area contributed by atoms with E-state index in [9.17, 15) is 14.4 Å². The molecular formula is C20H28N4O3. The first-order valence-corrected chi connectivity index (χ1v) is 9.32. The second-order valence-electron chi connectivity index (χ2n) is 6.39. The van der Waals surface area contributed by atoms with Crippen LogP contribution in [0.3, 0.4) is 0 Å². The van der Waals surface area contributed by atoms with Crippen LogP contribution in [0, 0.1) is 0 Å². The molecule has 1 aliphatic rings. The zero-order valence-electron chi connectivity index (χ0n) is 16.1. The van der Waals surface area contributed by atoms with Crippen molar-refractivity contribution in [1.82, 2.24) is 14.7 Å². The minimum absolute atomic E-state index is 0.0251. The molecule has 1 saturated heterocycles. The van der Waals surface area contributed by atoms with E-state index < -0.39 is 0 Å². The van der Waals surface area contributed by atoms with Crippen LogP contribution in [0.5, 0.6) is 0 Å². The molecule has 0 unspecified atom stereocenters. The van der Waals surface area contributed by atoms with Crippen LogP contribution in [0.2, 0.25) is 0 Å². The smallest absolute Gasteiger partial charge is 0.320 e. The number of carbonyl (C=O) groups is 3. The van der Waals surface area contributed by atoms with Gasteiger partial charge in [0.05, 0.1) is 6.42 Å². The normalized spacial score (nSPS) is 13.9. The van der Waals surface area contributed by atoms with Gasteiger partial charge in [-0.2, -0.15) is 0 Å². The average molecular weight is 372 g/mol. The van der Waals surface area contributed by atoms with Gasteiger partial charge in [0.15, 0.2) is 0 Å². The Morgan fingerprint density at radius 3 is 2.33 bits per heavy atom. The van der Waals surface area contributed by atoms with Crippen molar-refractivity contribution in [3.05, 3.63) is 42.5 Å². The lowest BCUT2D eigenvalue weighted by molar-refractivity contribution is -0.131. The molecule has 0 bridgehead atoms. The van der Waals surface area contributed by atoms with Crippen LogP contribution in [0.1, 0.15) is 19.4 Å². The van der Waals surface area contributed by atoms with E-state index in [1.165, 1.54) is 6.08 Å². The number of benzene rings is 1. The number of carbonyl (C=O) groups excluding carboxylic acids is 3. The van der Waals surface area contributed by atoms with Gasteiger partial charge in [-0.1, -0.05) is 18.7 Å². The highest BCUT2D eigenvalue weighted by molar-refractivity contribution is 5.98. The molecule has 0 atom stereocenters. The van der Waals surface area contributed by atoms with E-state index in [0.717, 1.165) is 5.56 Å². The Morgan fingerprint density at radius 1 is 1.11 bits per heavy atom. The summed E-state index contributed by atoms with van der Waals surface area (Å²) >= 11 is 0. The molecule has 1 aromatic carbocycles. The van der Waals surface area contributed by atoms with Crippen molar-refractivity contribution in [3.63, 3.8) is 0 Å². The van der Waals surface area contributed by atoms with E-state index in [-0.39, 0.29) is 24.3 Å². The van der Waals surface area contributed by atoms with Gasteiger partial charge in [-0.05, 0) is 37.6 Å². The first-order valence-electron chi connectivity index (χ1n) is 9.32. The SMILES string of the molecule is C=CC(=O)Nc1cccc(CC(=O)N2CCN(C(=O)N(CC)CC)CC2)c1. The van der Waals surface area contributed by atoms with E-state index in [2.05, 4.69) is 11.9 Å². The highest BCUT2D eigenvalue weighted by Crippen LogP contribution is 2.13. The van der Waals surface area contributed by atoms with E-state index in [4.69, 9.17) is 0 Å². The van der Waals surface area contributed by atoms with E-state index >= 15 is 0 Å². The lowest BCUT2D eigenvalue weighted by Crippen LogP contribution is -2.54. The zero-order chi connectivity index (χ0) is 19.8. The van der Waals surface area contributed by atoms with Crippen LogP contribution >= 0.6 is 0 Å². The topological polar surface area (TPSA) is 73.0 Å². The molecule has 1 aromatic rings. The third-order valence-electron chi connectivity index (χ3n) is 4.67. The number of piperazine rings is 1. The van der Waals surface area contributed by atoms with Gasteiger partial charge in [0.25, 0.3) is 0 Å². The van der Waals surface area contributed by atoms with Gasteiger partial charge in [0.2, 0.25) is 11.8 Å². The maximum atomic E-state index is 12.6. The molecule has 1 fully saturated rings. The quantitative estimate of drug-likeness (QED) is 0.776. The Bertz CT molecular complexity index is 692. The zero-order valence-corrected chi connectivity index (χ0v) is 16.1. The molecule has 4 amide bonds. The predicted octanol–water partition coefficient (Wildman–Crippen LogP) is 1.96.